The summed E-state index contributed by atoms with van der Waals surface area (Å²) in [4.78, 5) is 50.6. The van der Waals surface area contributed by atoms with E-state index in [4.69, 9.17) is 16.3 Å². The van der Waals surface area contributed by atoms with E-state index in [1.165, 1.54) is 29.7 Å². The van der Waals surface area contributed by atoms with Crippen LogP contribution in [0.15, 0.2) is 42.6 Å². The first-order chi connectivity index (χ1) is 18.9. The van der Waals surface area contributed by atoms with Gasteiger partial charge >= 0.3 is 5.97 Å². The minimum atomic E-state index is -0.684. The normalized spacial score (nSPS) is 13.8. The molecule has 0 bridgehead atoms. The van der Waals surface area contributed by atoms with Gasteiger partial charge in [0.25, 0.3) is 5.91 Å². The molecule has 0 radical (unpaired) electrons. The molecule has 1 aliphatic rings. The average molecular weight is 582 g/mol. The first-order valence-electron chi connectivity index (χ1n) is 12.9. The Hall–Kier alpha value is -3.60. The molecule has 9 nitrogen and oxygen atoms in total. The summed E-state index contributed by atoms with van der Waals surface area (Å²) >= 11 is 7.22. The van der Waals surface area contributed by atoms with Crippen molar-refractivity contribution >= 4 is 58.3 Å². The highest BCUT2D eigenvalue weighted by molar-refractivity contribution is 7.13. The second kappa shape index (κ2) is 12.3. The van der Waals surface area contributed by atoms with Gasteiger partial charge in [-0.3, -0.25) is 14.5 Å². The van der Waals surface area contributed by atoms with Crippen LogP contribution in [0.3, 0.4) is 0 Å². The van der Waals surface area contributed by atoms with Crippen molar-refractivity contribution in [2.75, 3.05) is 17.2 Å². The first kappa shape index (κ1) is 29.4. The summed E-state index contributed by atoms with van der Waals surface area (Å²) in [5.41, 5.74) is 1.40. The van der Waals surface area contributed by atoms with Crippen LogP contribution >= 0.6 is 22.9 Å². The molecule has 2 amide bonds. The number of nitrogens with one attached hydrogen (secondary N) is 2. The number of carbonyl (C=O) groups is 3. The van der Waals surface area contributed by atoms with Gasteiger partial charge in [-0.1, -0.05) is 17.7 Å². The smallest absolute Gasteiger partial charge is 0.338 e. The fourth-order valence-electron chi connectivity index (χ4n) is 3.99. The molecule has 40 heavy (non-hydrogen) atoms. The molecule has 4 rings (SSSR count). The molecule has 0 unspecified atom stereocenters. The van der Waals surface area contributed by atoms with Crippen LogP contribution in [-0.2, 0) is 22.5 Å². The van der Waals surface area contributed by atoms with E-state index in [0.717, 1.165) is 30.1 Å². The number of aromatic nitrogens is 2. The molecule has 0 atom stereocenters. The number of benzene rings is 1. The number of hydrogen-bond donors (Lipinski definition) is 2. The van der Waals surface area contributed by atoms with E-state index in [0.29, 0.717) is 33.1 Å². The van der Waals surface area contributed by atoms with Gasteiger partial charge in [0.15, 0.2) is 5.01 Å². The number of pyridine rings is 1. The number of fused-ring (bicyclic) bond motifs is 1. The zero-order valence-corrected chi connectivity index (χ0v) is 24.7. The highest BCUT2D eigenvalue weighted by Gasteiger charge is 2.25. The first-order valence-corrected chi connectivity index (χ1v) is 14.1. The highest BCUT2D eigenvalue weighted by Crippen LogP contribution is 2.28. The van der Waals surface area contributed by atoms with Gasteiger partial charge in [-0.15, -0.1) is 11.3 Å². The number of esters is 1. The fourth-order valence-corrected chi connectivity index (χ4v) is 5.13. The van der Waals surface area contributed by atoms with E-state index in [1.54, 1.807) is 51.1 Å². The molecule has 1 aliphatic heterocycles. The fraction of sp³-hybridized carbons (Fsp3) is 0.345. The SMILES string of the molecule is CC(C)N1CCc2nc(C(=O)Nc3cc(C(=O)OC(C)(C)C)ccc3/C=C/C(=O)Nc3ccc(Cl)cn3)sc2C1. The lowest BCUT2D eigenvalue weighted by Gasteiger charge is -2.29. The molecule has 3 aromatic rings. The minimum Gasteiger partial charge on any atom is -0.456 e. The topological polar surface area (TPSA) is 114 Å². The predicted octanol–water partition coefficient (Wildman–Crippen LogP) is 5.82. The third-order valence-corrected chi connectivity index (χ3v) is 7.32. The van der Waals surface area contributed by atoms with E-state index < -0.39 is 17.5 Å². The van der Waals surface area contributed by atoms with Crippen molar-refractivity contribution in [2.24, 2.45) is 0 Å². The van der Waals surface area contributed by atoms with Crippen molar-refractivity contribution in [1.29, 1.82) is 0 Å². The predicted molar refractivity (Wildman–Crippen MR) is 158 cm³/mol. The molecule has 210 valence electrons. The zero-order chi connectivity index (χ0) is 29.0. The van der Waals surface area contributed by atoms with Gasteiger partial charge in [0, 0.05) is 48.4 Å². The Morgan fingerprint density at radius 1 is 1.15 bits per heavy atom. The Labute approximate surface area is 242 Å². The van der Waals surface area contributed by atoms with Crippen LogP contribution < -0.4 is 10.6 Å². The summed E-state index contributed by atoms with van der Waals surface area (Å²) in [5, 5.41) is 6.34. The molecule has 0 fully saturated rings. The van der Waals surface area contributed by atoms with Crippen LogP contribution in [0.25, 0.3) is 6.08 Å². The number of hydrogen-bond acceptors (Lipinski definition) is 8. The molecular weight excluding hydrogens is 550 g/mol. The highest BCUT2D eigenvalue weighted by atomic mass is 35.5. The van der Waals surface area contributed by atoms with Gasteiger partial charge in [0.1, 0.15) is 11.4 Å². The van der Waals surface area contributed by atoms with E-state index >= 15 is 0 Å². The maximum atomic E-state index is 13.3. The summed E-state index contributed by atoms with van der Waals surface area (Å²) in [5.74, 6) is -0.993. The lowest BCUT2D eigenvalue weighted by Crippen LogP contribution is -2.35. The summed E-state index contributed by atoms with van der Waals surface area (Å²) in [6.45, 7) is 11.3. The molecule has 0 saturated heterocycles. The number of anilines is 2. The van der Waals surface area contributed by atoms with E-state index in [2.05, 4.69) is 39.3 Å². The Morgan fingerprint density at radius 3 is 2.60 bits per heavy atom. The Kier molecular flexibility index (Phi) is 9.02. The molecule has 1 aromatic carbocycles. The monoisotopic (exact) mass is 581 g/mol. The molecule has 2 aromatic heterocycles. The summed E-state index contributed by atoms with van der Waals surface area (Å²) in [7, 11) is 0. The molecule has 2 N–H and O–H groups in total. The van der Waals surface area contributed by atoms with E-state index in [9.17, 15) is 14.4 Å². The van der Waals surface area contributed by atoms with Crippen molar-refractivity contribution in [3.63, 3.8) is 0 Å². The number of carbonyl (C=O) groups excluding carboxylic acids is 3. The molecular formula is C29H32ClN5O4S. The largest absolute Gasteiger partial charge is 0.456 e. The quantitative estimate of drug-likeness (QED) is 0.267. The Bertz CT molecular complexity index is 1440. The molecule has 0 saturated carbocycles. The van der Waals surface area contributed by atoms with E-state index in [1.807, 2.05) is 0 Å². The Balaban J connectivity index is 1.57. The van der Waals surface area contributed by atoms with Crippen LogP contribution in [0.2, 0.25) is 5.02 Å². The number of nitrogens with zero attached hydrogens (tertiary/aromatic N) is 3. The standard InChI is InChI=1S/C29H32ClN5O4S/c1-17(2)35-13-12-21-23(16-35)40-27(33-21)26(37)32-22-14-19(28(38)39-29(3,4)5)7-6-18(22)8-11-25(36)34-24-10-9-20(30)15-31-24/h6-11,14-15,17H,12-13,16H2,1-5H3,(H,32,37)(H,31,34,36)/b11-8+. The zero-order valence-electron chi connectivity index (χ0n) is 23.1. The number of ether oxygens (including phenoxy) is 1. The van der Waals surface area contributed by atoms with Gasteiger partial charge in [-0.05, 0) is 70.5 Å². The third-order valence-electron chi connectivity index (χ3n) is 6.01. The van der Waals surface area contributed by atoms with Crippen molar-refractivity contribution in [1.82, 2.24) is 14.9 Å². The van der Waals surface area contributed by atoms with Gasteiger partial charge in [0.2, 0.25) is 5.91 Å². The lowest BCUT2D eigenvalue weighted by molar-refractivity contribution is -0.111. The van der Waals surface area contributed by atoms with Crippen LogP contribution in [0.4, 0.5) is 11.5 Å². The lowest BCUT2D eigenvalue weighted by atomic mass is 10.1. The van der Waals surface area contributed by atoms with E-state index in [-0.39, 0.29) is 11.5 Å². The maximum Gasteiger partial charge on any atom is 0.338 e. The summed E-state index contributed by atoms with van der Waals surface area (Å²) in [6, 6.07) is 8.39. The molecule has 11 heteroatoms. The Morgan fingerprint density at radius 2 is 1.93 bits per heavy atom. The van der Waals surface area contributed by atoms with Gasteiger partial charge in [0.05, 0.1) is 16.3 Å². The minimum absolute atomic E-state index is 0.267. The van der Waals surface area contributed by atoms with Crippen LogP contribution in [0.5, 0.6) is 0 Å². The van der Waals surface area contributed by atoms with Gasteiger partial charge < -0.3 is 15.4 Å². The van der Waals surface area contributed by atoms with Crippen molar-refractivity contribution in [3.05, 3.63) is 74.3 Å². The second-order valence-corrected chi connectivity index (χ2v) is 12.2. The van der Waals surface area contributed by atoms with Gasteiger partial charge in [-0.25, -0.2) is 14.8 Å². The summed E-state index contributed by atoms with van der Waals surface area (Å²) in [6.07, 6.45) is 5.09. The van der Waals surface area contributed by atoms with Crippen LogP contribution in [-0.4, -0.2) is 50.8 Å². The van der Waals surface area contributed by atoms with Crippen LogP contribution in [0, 0.1) is 0 Å². The number of rotatable bonds is 7. The van der Waals surface area contributed by atoms with Gasteiger partial charge in [-0.2, -0.15) is 0 Å². The molecule has 3 heterocycles. The maximum absolute atomic E-state index is 13.3. The van der Waals surface area contributed by atoms with Crippen LogP contribution in [0.1, 0.15) is 70.9 Å². The third kappa shape index (κ3) is 7.74. The number of thiazole rings is 1. The summed E-state index contributed by atoms with van der Waals surface area (Å²) < 4.78 is 5.50. The van der Waals surface area contributed by atoms with Crippen molar-refractivity contribution in [2.45, 2.75) is 59.2 Å². The molecule has 0 spiro atoms. The second-order valence-electron chi connectivity index (χ2n) is 10.6. The molecule has 0 aliphatic carbocycles. The number of halogens is 1. The average Bonchev–Trinajstić information content (AvgIpc) is 3.32. The van der Waals surface area contributed by atoms with Crippen molar-refractivity contribution < 1.29 is 19.1 Å². The number of amides is 2. The van der Waals surface area contributed by atoms with Crippen molar-refractivity contribution in [3.8, 4) is 0 Å².